The number of imide groups is 1. The lowest BCUT2D eigenvalue weighted by Gasteiger charge is -2.39. The summed E-state index contributed by atoms with van der Waals surface area (Å²) in [6.07, 6.45) is 5.31. The zero-order valence-electron chi connectivity index (χ0n) is 17.6. The summed E-state index contributed by atoms with van der Waals surface area (Å²) in [4.78, 5) is 27.6. The van der Waals surface area contributed by atoms with Crippen LogP contribution in [-0.4, -0.2) is 36.1 Å². The van der Waals surface area contributed by atoms with E-state index in [9.17, 15) is 9.59 Å². The van der Waals surface area contributed by atoms with Gasteiger partial charge in [-0.05, 0) is 73.8 Å². The molecule has 1 atom stereocenters. The smallest absolute Gasteiger partial charge is 0.325 e. The van der Waals surface area contributed by atoms with Crippen molar-refractivity contribution in [3.8, 4) is 11.5 Å². The van der Waals surface area contributed by atoms with Crippen molar-refractivity contribution in [3.05, 3.63) is 59.2 Å². The first-order valence-electron chi connectivity index (χ1n) is 11.2. The van der Waals surface area contributed by atoms with Crippen molar-refractivity contribution in [2.45, 2.75) is 49.7 Å². The van der Waals surface area contributed by atoms with Gasteiger partial charge in [-0.2, -0.15) is 0 Å². The third kappa shape index (κ3) is 2.63. The number of urea groups is 1. The van der Waals surface area contributed by atoms with Gasteiger partial charge in [0.25, 0.3) is 5.91 Å². The molecule has 2 fully saturated rings. The summed E-state index contributed by atoms with van der Waals surface area (Å²) in [5.41, 5.74) is 1.23. The Morgan fingerprint density at radius 2 is 1.81 bits per heavy atom. The second-order valence-corrected chi connectivity index (χ2v) is 9.32. The number of amides is 3. The second kappa shape index (κ2) is 6.49. The Hall–Kier alpha value is -3.02. The molecule has 1 unspecified atom stereocenters. The van der Waals surface area contributed by atoms with E-state index in [2.05, 4.69) is 29.6 Å². The Morgan fingerprint density at radius 1 is 1.10 bits per heavy atom. The topological polar surface area (TPSA) is 67.9 Å². The summed E-state index contributed by atoms with van der Waals surface area (Å²) in [7, 11) is 1.54. The van der Waals surface area contributed by atoms with E-state index in [1.54, 1.807) is 0 Å². The van der Waals surface area contributed by atoms with Crippen molar-refractivity contribution < 1.29 is 19.1 Å². The molecule has 4 aliphatic rings. The molecule has 6 rings (SSSR count). The maximum absolute atomic E-state index is 13.7. The number of nitrogens with one attached hydrogen (secondary N) is 1. The van der Waals surface area contributed by atoms with Crippen LogP contribution in [0, 0.1) is 5.92 Å². The van der Waals surface area contributed by atoms with Crippen molar-refractivity contribution in [2.24, 2.45) is 5.92 Å². The van der Waals surface area contributed by atoms with Crippen molar-refractivity contribution in [3.63, 3.8) is 0 Å². The van der Waals surface area contributed by atoms with Crippen LogP contribution in [0.25, 0.3) is 0 Å². The predicted molar refractivity (Wildman–Crippen MR) is 114 cm³/mol. The zero-order valence-corrected chi connectivity index (χ0v) is 17.6. The number of nitrogens with zero attached hydrogens (tertiary/aromatic N) is 1. The van der Waals surface area contributed by atoms with Gasteiger partial charge in [-0.3, -0.25) is 9.69 Å². The first-order valence-corrected chi connectivity index (χ1v) is 11.2. The molecule has 0 bridgehead atoms. The number of benzene rings is 2. The lowest BCUT2D eigenvalue weighted by Crippen LogP contribution is -2.61. The molecule has 2 aromatic rings. The first kappa shape index (κ1) is 18.7. The van der Waals surface area contributed by atoms with E-state index < -0.39 is 11.1 Å². The van der Waals surface area contributed by atoms with Crippen LogP contribution in [-0.2, 0) is 23.2 Å². The molecule has 2 spiro atoms. The van der Waals surface area contributed by atoms with Crippen molar-refractivity contribution >= 4 is 11.9 Å². The van der Waals surface area contributed by atoms with Gasteiger partial charge in [0.05, 0.1) is 6.61 Å². The van der Waals surface area contributed by atoms with Gasteiger partial charge in [-0.1, -0.05) is 24.3 Å². The summed E-state index contributed by atoms with van der Waals surface area (Å²) in [5, 5.41) is 3.06. The van der Waals surface area contributed by atoms with E-state index in [4.69, 9.17) is 9.47 Å². The van der Waals surface area contributed by atoms with Gasteiger partial charge in [0, 0.05) is 12.6 Å². The third-order valence-corrected chi connectivity index (χ3v) is 7.47. The molecular formula is C25H26N2O4. The second-order valence-electron chi connectivity index (χ2n) is 9.32. The first-order chi connectivity index (χ1) is 15.0. The standard InChI is InChI=1S/C25H26N2O4/c1-27-22(28)25(26-23(27)29)20-14-19(30-15-16-6-7-16)8-9-21(20)31-24(25)12-10-17-4-2-3-5-18(17)11-13-24/h2-5,8-9,14,16H,6-7,10-13,15H2,1H3,(H,26,29). The molecule has 0 aromatic heterocycles. The zero-order chi connectivity index (χ0) is 21.2. The molecule has 6 heteroatoms. The van der Waals surface area contributed by atoms with Crippen LogP contribution in [0.4, 0.5) is 4.79 Å². The minimum Gasteiger partial charge on any atom is -0.493 e. The molecule has 160 valence electrons. The highest BCUT2D eigenvalue weighted by molar-refractivity contribution is 6.09. The number of carbonyl (C=O) groups excluding carboxylic acids is 2. The van der Waals surface area contributed by atoms with E-state index >= 15 is 0 Å². The van der Waals surface area contributed by atoms with Crippen LogP contribution in [0.2, 0.25) is 0 Å². The molecule has 0 radical (unpaired) electrons. The lowest BCUT2D eigenvalue weighted by molar-refractivity contribution is -0.138. The van der Waals surface area contributed by atoms with Crippen LogP contribution in [0.15, 0.2) is 42.5 Å². The van der Waals surface area contributed by atoms with Crippen molar-refractivity contribution in [1.29, 1.82) is 0 Å². The molecule has 2 heterocycles. The van der Waals surface area contributed by atoms with E-state index in [1.807, 2.05) is 18.2 Å². The summed E-state index contributed by atoms with van der Waals surface area (Å²) in [6, 6.07) is 13.7. The van der Waals surface area contributed by atoms with E-state index in [0.29, 0.717) is 31.1 Å². The average Bonchev–Trinajstić information content (AvgIpc) is 3.56. The largest absolute Gasteiger partial charge is 0.493 e. The summed E-state index contributed by atoms with van der Waals surface area (Å²) in [5.74, 6) is 1.76. The van der Waals surface area contributed by atoms with Crippen LogP contribution >= 0.6 is 0 Å². The normalized spacial score (nSPS) is 25.8. The highest BCUT2D eigenvalue weighted by Crippen LogP contribution is 2.56. The Bertz CT molecular complexity index is 1070. The summed E-state index contributed by atoms with van der Waals surface area (Å²) in [6.45, 7) is 0.688. The fraction of sp³-hybridized carbons (Fsp3) is 0.440. The summed E-state index contributed by atoms with van der Waals surface area (Å²) >= 11 is 0. The highest BCUT2D eigenvalue weighted by Gasteiger charge is 2.69. The van der Waals surface area contributed by atoms with Crippen LogP contribution in [0.3, 0.4) is 0 Å². The molecule has 1 N–H and O–H groups in total. The Morgan fingerprint density at radius 3 is 2.42 bits per heavy atom. The molecule has 2 aliphatic carbocycles. The minimum absolute atomic E-state index is 0.249. The van der Waals surface area contributed by atoms with E-state index in [0.717, 1.165) is 24.2 Å². The van der Waals surface area contributed by atoms with E-state index in [-0.39, 0.29) is 11.9 Å². The molecule has 3 amide bonds. The van der Waals surface area contributed by atoms with E-state index in [1.165, 1.54) is 35.9 Å². The minimum atomic E-state index is -1.23. The maximum atomic E-state index is 13.7. The quantitative estimate of drug-likeness (QED) is 0.774. The van der Waals surface area contributed by atoms with Gasteiger partial charge < -0.3 is 14.8 Å². The number of aryl methyl sites for hydroxylation is 2. The van der Waals surface area contributed by atoms with Gasteiger partial charge in [0.15, 0.2) is 5.54 Å². The third-order valence-electron chi connectivity index (χ3n) is 7.47. The highest BCUT2D eigenvalue weighted by atomic mass is 16.5. The van der Waals surface area contributed by atoms with Crippen molar-refractivity contribution in [1.82, 2.24) is 10.2 Å². The van der Waals surface area contributed by atoms with Crippen molar-refractivity contribution in [2.75, 3.05) is 13.7 Å². The van der Waals surface area contributed by atoms with Crippen LogP contribution < -0.4 is 14.8 Å². The van der Waals surface area contributed by atoms with Gasteiger partial charge in [0.2, 0.25) is 0 Å². The Kier molecular flexibility index (Phi) is 3.92. The SMILES string of the molecule is CN1C(=O)NC2(C1=O)c1cc(OCC3CC3)ccc1OC21CCc2ccccc2CC1. The van der Waals surface area contributed by atoms with Crippen LogP contribution in [0.1, 0.15) is 42.4 Å². The maximum Gasteiger partial charge on any atom is 0.325 e. The molecule has 1 saturated carbocycles. The summed E-state index contributed by atoms with van der Waals surface area (Å²) < 4.78 is 12.6. The number of carbonyl (C=O) groups is 2. The predicted octanol–water partition coefficient (Wildman–Crippen LogP) is 3.56. The van der Waals surface area contributed by atoms with Gasteiger partial charge in [0.1, 0.15) is 17.1 Å². The molecule has 6 nitrogen and oxygen atoms in total. The fourth-order valence-corrected chi connectivity index (χ4v) is 5.47. The monoisotopic (exact) mass is 418 g/mol. The number of hydrogen-bond donors (Lipinski definition) is 1. The number of hydrogen-bond acceptors (Lipinski definition) is 4. The van der Waals surface area contributed by atoms with Crippen LogP contribution in [0.5, 0.6) is 11.5 Å². The number of likely N-dealkylation sites (N-methyl/N-ethyl adjacent to an activating group) is 1. The van der Waals surface area contributed by atoms with Gasteiger partial charge >= 0.3 is 6.03 Å². The molecule has 2 aromatic carbocycles. The fourth-order valence-electron chi connectivity index (χ4n) is 5.47. The van der Waals surface area contributed by atoms with Gasteiger partial charge in [-0.15, -0.1) is 0 Å². The Labute approximate surface area is 181 Å². The molecule has 1 saturated heterocycles. The number of fused-ring (bicyclic) bond motifs is 4. The average molecular weight is 418 g/mol. The molecular weight excluding hydrogens is 392 g/mol. The number of rotatable bonds is 3. The number of ether oxygens (including phenoxy) is 2. The molecule has 31 heavy (non-hydrogen) atoms. The van der Waals surface area contributed by atoms with Gasteiger partial charge in [-0.25, -0.2) is 4.79 Å². The molecule has 2 aliphatic heterocycles. The lowest BCUT2D eigenvalue weighted by atomic mass is 9.71. The Balaban J connectivity index is 1.44.